The van der Waals surface area contributed by atoms with Gasteiger partial charge in [0, 0.05) is 24.6 Å². The first-order chi connectivity index (χ1) is 16.9. The molecule has 35 heavy (non-hydrogen) atoms. The van der Waals surface area contributed by atoms with Crippen LogP contribution in [0.2, 0.25) is 0 Å². The first kappa shape index (κ1) is 23.7. The lowest BCUT2D eigenvalue weighted by molar-refractivity contribution is -0.119. The molecule has 0 bridgehead atoms. The molecule has 7 nitrogen and oxygen atoms in total. The number of ketones is 1. The minimum atomic E-state index is -0.946. The van der Waals surface area contributed by atoms with E-state index in [9.17, 15) is 14.3 Å². The number of hydrogen-bond donors (Lipinski definition) is 3. The van der Waals surface area contributed by atoms with Crippen molar-refractivity contribution < 1.29 is 19.0 Å². The van der Waals surface area contributed by atoms with Gasteiger partial charge >= 0.3 is 0 Å². The highest BCUT2D eigenvalue weighted by molar-refractivity contribution is 7.18. The number of rotatable bonds is 10. The maximum atomic E-state index is 13.0. The summed E-state index contributed by atoms with van der Waals surface area (Å²) in [6, 6.07) is 9.63. The van der Waals surface area contributed by atoms with Crippen LogP contribution in [0.15, 0.2) is 59.9 Å². The molecule has 2 aliphatic rings. The lowest BCUT2D eigenvalue weighted by atomic mass is 10.0. The zero-order valence-corrected chi connectivity index (χ0v) is 20.1. The quantitative estimate of drug-likeness (QED) is 0.367. The van der Waals surface area contributed by atoms with Crippen LogP contribution in [0.4, 0.5) is 4.39 Å². The normalized spacial score (nSPS) is 18.8. The van der Waals surface area contributed by atoms with Gasteiger partial charge in [-0.25, -0.2) is 14.4 Å². The van der Waals surface area contributed by atoms with Gasteiger partial charge in [-0.3, -0.25) is 15.4 Å². The van der Waals surface area contributed by atoms with E-state index in [0.717, 1.165) is 39.3 Å². The number of carbonyl (C=O) groups is 1. The van der Waals surface area contributed by atoms with Crippen LogP contribution in [0, 0.1) is 11.7 Å². The number of allylic oxidation sites excluding steroid dienone is 1. The predicted molar refractivity (Wildman–Crippen MR) is 132 cm³/mol. The molecule has 0 radical (unpaired) electrons. The van der Waals surface area contributed by atoms with Crippen LogP contribution in [-0.2, 0) is 17.8 Å². The van der Waals surface area contributed by atoms with E-state index in [1.165, 1.54) is 23.5 Å². The van der Waals surface area contributed by atoms with Gasteiger partial charge in [0.2, 0.25) is 5.88 Å². The molecule has 182 valence electrons. The van der Waals surface area contributed by atoms with Crippen LogP contribution >= 0.6 is 11.3 Å². The molecule has 1 saturated carbocycles. The Morgan fingerprint density at radius 2 is 2.03 bits per heavy atom. The molecule has 0 saturated heterocycles. The summed E-state index contributed by atoms with van der Waals surface area (Å²) in [4.78, 5) is 22.0. The number of nitrogens with zero attached hydrogens (tertiary/aromatic N) is 2. The van der Waals surface area contributed by atoms with E-state index in [1.54, 1.807) is 18.2 Å². The molecule has 2 aromatic heterocycles. The smallest absolute Gasteiger partial charge is 0.220 e. The average Bonchev–Trinajstić information content (AvgIpc) is 3.62. The lowest BCUT2D eigenvalue weighted by Crippen LogP contribution is -2.46. The number of halogens is 1. The molecule has 3 N–H and O–H groups in total. The van der Waals surface area contributed by atoms with Crippen LogP contribution < -0.4 is 15.4 Å². The van der Waals surface area contributed by atoms with Crippen molar-refractivity contribution in [1.82, 2.24) is 20.6 Å². The van der Waals surface area contributed by atoms with E-state index in [2.05, 4.69) is 20.6 Å². The summed E-state index contributed by atoms with van der Waals surface area (Å²) >= 11 is 1.43. The number of carbonyl (C=O) groups excluding carboxylic acids is 1. The molecule has 5 rings (SSSR count). The van der Waals surface area contributed by atoms with Crippen molar-refractivity contribution in [3.63, 3.8) is 0 Å². The second-order valence-electron chi connectivity index (χ2n) is 8.94. The monoisotopic (exact) mass is 494 g/mol. The van der Waals surface area contributed by atoms with Crippen molar-refractivity contribution in [2.24, 2.45) is 5.92 Å². The maximum absolute atomic E-state index is 13.0. The van der Waals surface area contributed by atoms with Gasteiger partial charge in [-0.15, -0.1) is 0 Å². The fraction of sp³-hybridized carbons (Fsp3) is 0.346. The van der Waals surface area contributed by atoms with Gasteiger partial charge < -0.3 is 9.84 Å². The van der Waals surface area contributed by atoms with Crippen LogP contribution in [0.25, 0.3) is 10.3 Å². The minimum absolute atomic E-state index is 0.142. The Labute approximate surface area is 206 Å². The van der Waals surface area contributed by atoms with E-state index < -0.39 is 6.35 Å². The maximum Gasteiger partial charge on any atom is 0.220 e. The molecule has 2 heterocycles. The zero-order valence-electron chi connectivity index (χ0n) is 19.3. The van der Waals surface area contributed by atoms with Gasteiger partial charge in [-0.2, -0.15) is 0 Å². The van der Waals surface area contributed by atoms with Crippen LogP contribution in [0.5, 0.6) is 5.88 Å². The molecule has 0 amide bonds. The first-order valence-electron chi connectivity index (χ1n) is 11.7. The number of thiazole rings is 1. The molecular weight excluding hydrogens is 467 g/mol. The molecule has 0 spiro atoms. The summed E-state index contributed by atoms with van der Waals surface area (Å²) in [5.41, 5.74) is 2.62. The number of hydrogen-bond acceptors (Lipinski definition) is 8. The lowest BCUT2D eigenvalue weighted by Gasteiger charge is -2.24. The molecule has 1 fully saturated rings. The van der Waals surface area contributed by atoms with Gasteiger partial charge in [0.1, 0.15) is 32.7 Å². The molecule has 2 unspecified atom stereocenters. The Kier molecular flexibility index (Phi) is 7.01. The largest absolute Gasteiger partial charge is 0.439 e. The number of pyridine rings is 1. The Balaban J connectivity index is 1.20. The summed E-state index contributed by atoms with van der Waals surface area (Å²) in [5, 5.41) is 17.2. The molecule has 3 aromatic rings. The summed E-state index contributed by atoms with van der Waals surface area (Å²) in [6.45, 7) is 2.37. The van der Waals surface area contributed by atoms with Gasteiger partial charge in [-0.1, -0.05) is 29.5 Å². The second kappa shape index (κ2) is 10.3. The second-order valence-corrected chi connectivity index (χ2v) is 10.00. The molecule has 0 aliphatic heterocycles. The summed E-state index contributed by atoms with van der Waals surface area (Å²) < 4.78 is 19.1. The third kappa shape index (κ3) is 6.18. The van der Waals surface area contributed by atoms with Crippen LogP contribution in [0.1, 0.15) is 36.8 Å². The van der Waals surface area contributed by atoms with E-state index in [-0.39, 0.29) is 23.6 Å². The van der Waals surface area contributed by atoms with Gasteiger partial charge in [-0.05, 0) is 61.6 Å². The predicted octanol–water partition coefficient (Wildman–Crippen LogP) is 3.99. The number of Topliss-reactive ketones (excluding diaryl/α,β-unsaturated/α-hetero) is 1. The molecular formula is C26H27FN4O3S. The molecule has 1 aromatic carbocycles. The number of aliphatic hydroxyl groups is 1. The van der Waals surface area contributed by atoms with E-state index >= 15 is 0 Å². The molecule has 2 aliphatic carbocycles. The zero-order chi connectivity index (χ0) is 24.4. The Hall–Kier alpha value is -2.98. The van der Waals surface area contributed by atoms with Gasteiger partial charge in [0.05, 0.1) is 6.42 Å². The van der Waals surface area contributed by atoms with E-state index in [0.29, 0.717) is 31.0 Å². The number of nitrogens with one attached hydrogen (secondary N) is 2. The highest BCUT2D eigenvalue weighted by Crippen LogP contribution is 2.32. The Bertz CT molecular complexity index is 1280. The SMILES string of the molecule is CC1=CCC(NC(O)NCc2ccc(F)cc2)C=C1Oc1ccc2nc(CC(=O)C3CC3)sc2n1. The molecule has 9 heteroatoms. The topological polar surface area (TPSA) is 96.4 Å². The third-order valence-electron chi connectivity index (χ3n) is 6.05. The Morgan fingerprint density at radius 3 is 2.80 bits per heavy atom. The summed E-state index contributed by atoms with van der Waals surface area (Å²) in [7, 11) is 0. The highest BCUT2D eigenvalue weighted by Gasteiger charge is 2.30. The van der Waals surface area contributed by atoms with Gasteiger partial charge in [0.15, 0.2) is 6.35 Å². The van der Waals surface area contributed by atoms with Crippen molar-refractivity contribution >= 4 is 27.5 Å². The van der Waals surface area contributed by atoms with E-state index in [4.69, 9.17) is 4.74 Å². The summed E-state index contributed by atoms with van der Waals surface area (Å²) in [6.07, 6.45) is 6.10. The third-order valence-corrected chi connectivity index (χ3v) is 7.02. The van der Waals surface area contributed by atoms with Crippen molar-refractivity contribution in [3.8, 4) is 5.88 Å². The number of benzene rings is 1. The number of fused-ring (bicyclic) bond motifs is 1. The van der Waals surface area contributed by atoms with Gasteiger partial charge in [0.25, 0.3) is 0 Å². The van der Waals surface area contributed by atoms with Crippen molar-refractivity contribution in [2.45, 2.75) is 51.5 Å². The minimum Gasteiger partial charge on any atom is -0.439 e. The van der Waals surface area contributed by atoms with Crippen molar-refractivity contribution in [3.05, 3.63) is 76.3 Å². The van der Waals surface area contributed by atoms with Crippen LogP contribution in [-0.4, -0.2) is 33.3 Å². The number of ether oxygens (including phenoxy) is 1. The summed E-state index contributed by atoms with van der Waals surface area (Å²) in [5.74, 6) is 1.32. The standard InChI is InChI=1S/C26H27FN4O3S/c1-15-2-9-19(29-26(33)28-14-16-3-7-18(27)8-4-16)12-22(15)34-23-11-10-20-25(31-23)35-24(30-20)13-21(32)17-5-6-17/h2-4,7-8,10-12,17,19,26,28-29,33H,5-6,9,13-14H2,1H3. The molecule has 2 atom stereocenters. The highest BCUT2D eigenvalue weighted by atomic mass is 32.1. The fourth-order valence-electron chi connectivity index (χ4n) is 3.88. The van der Waals surface area contributed by atoms with E-state index in [1.807, 2.05) is 25.1 Å². The number of aromatic nitrogens is 2. The Morgan fingerprint density at radius 1 is 1.23 bits per heavy atom. The number of aliphatic hydroxyl groups excluding tert-OH is 1. The first-order valence-corrected chi connectivity index (χ1v) is 12.5. The fourth-order valence-corrected chi connectivity index (χ4v) is 4.82. The average molecular weight is 495 g/mol. The van der Waals surface area contributed by atoms with Crippen LogP contribution in [0.3, 0.4) is 0 Å². The van der Waals surface area contributed by atoms with Crippen molar-refractivity contribution in [2.75, 3.05) is 0 Å². The van der Waals surface area contributed by atoms with Crippen molar-refractivity contribution in [1.29, 1.82) is 0 Å².